The number of alkyl halides is 3. The van der Waals surface area contributed by atoms with E-state index in [1.165, 1.54) is 27.6 Å². The number of nitrogens with zero attached hydrogens (tertiary/aromatic N) is 3. The van der Waals surface area contributed by atoms with E-state index in [1.54, 1.807) is 0 Å². The van der Waals surface area contributed by atoms with Crippen LogP contribution in [0, 0.1) is 11.6 Å². The maximum Gasteiger partial charge on any atom is 0.416 e. The van der Waals surface area contributed by atoms with E-state index in [-0.39, 0.29) is 44.9 Å². The Kier molecular flexibility index (Phi) is 7.05. The van der Waals surface area contributed by atoms with Crippen molar-refractivity contribution in [1.29, 1.82) is 0 Å². The molecule has 0 spiro atoms. The number of fused-ring (bicyclic) bond motifs is 3. The summed E-state index contributed by atoms with van der Waals surface area (Å²) in [5.74, 6) is -4.21. The van der Waals surface area contributed by atoms with Crippen molar-refractivity contribution >= 4 is 40.7 Å². The summed E-state index contributed by atoms with van der Waals surface area (Å²) in [6, 6.07) is 5.01. The molecule has 1 saturated heterocycles. The predicted molar refractivity (Wildman–Crippen MR) is 142 cm³/mol. The summed E-state index contributed by atoms with van der Waals surface area (Å²) in [6.07, 6.45) is -3.58. The molecule has 0 bridgehead atoms. The Morgan fingerprint density at radius 2 is 1.79 bits per heavy atom. The number of nitrogens with one attached hydrogen (secondary N) is 2. The number of pyridine rings is 1. The highest BCUT2D eigenvalue weighted by Gasteiger charge is 2.38. The predicted octanol–water partition coefficient (Wildman–Crippen LogP) is 4.84. The fraction of sp³-hybridized carbons (Fsp3) is 0.214. The van der Waals surface area contributed by atoms with Gasteiger partial charge in [0.2, 0.25) is 0 Å². The van der Waals surface area contributed by atoms with Crippen molar-refractivity contribution in [3.63, 3.8) is 0 Å². The molecule has 1 fully saturated rings. The highest BCUT2D eigenvalue weighted by atomic mass is 35.5. The molecule has 15 heteroatoms. The number of aromatic nitrogens is 2. The van der Waals surface area contributed by atoms with Crippen LogP contribution in [0.4, 0.5) is 27.6 Å². The minimum absolute atomic E-state index is 0.0208. The highest BCUT2D eigenvalue weighted by Crippen LogP contribution is 2.40. The van der Waals surface area contributed by atoms with Gasteiger partial charge >= 0.3 is 6.18 Å². The van der Waals surface area contributed by atoms with Crippen LogP contribution in [0.25, 0.3) is 5.65 Å². The molecule has 0 radical (unpaired) electrons. The van der Waals surface area contributed by atoms with Gasteiger partial charge < -0.3 is 20.3 Å². The average Bonchev–Trinajstić information content (AvgIpc) is 3.54. The summed E-state index contributed by atoms with van der Waals surface area (Å²) in [7, 11) is 0. The minimum atomic E-state index is -4.92. The van der Waals surface area contributed by atoms with Crippen LogP contribution < -0.4 is 10.6 Å². The Morgan fingerprint density at radius 3 is 2.51 bits per heavy atom. The molecule has 0 aliphatic carbocycles. The first-order chi connectivity index (χ1) is 20.4. The molecule has 2 N–H and O–H groups in total. The Balaban J connectivity index is 1.50. The first kappa shape index (κ1) is 28.6. The van der Waals surface area contributed by atoms with Crippen LogP contribution in [-0.4, -0.2) is 58.3 Å². The van der Waals surface area contributed by atoms with Gasteiger partial charge in [-0.05, 0) is 36.4 Å². The molecule has 2 aromatic carbocycles. The molecular weight excluding hydrogens is 601 g/mol. The maximum absolute atomic E-state index is 14.3. The number of rotatable bonds is 4. The summed E-state index contributed by atoms with van der Waals surface area (Å²) in [6.45, 7) is 1.30. The number of halogens is 6. The summed E-state index contributed by atoms with van der Waals surface area (Å²) >= 11 is 6.34. The van der Waals surface area contributed by atoms with E-state index in [4.69, 9.17) is 16.3 Å². The number of imidazole rings is 1. The quantitative estimate of drug-likeness (QED) is 0.318. The molecule has 6 rings (SSSR count). The molecule has 1 unspecified atom stereocenters. The van der Waals surface area contributed by atoms with Gasteiger partial charge in [0.25, 0.3) is 17.7 Å². The van der Waals surface area contributed by atoms with Crippen molar-refractivity contribution < 1.29 is 41.1 Å². The lowest BCUT2D eigenvalue weighted by Gasteiger charge is -2.25. The number of carbonyl (C=O) groups is 3. The van der Waals surface area contributed by atoms with Crippen molar-refractivity contribution in [3.05, 3.63) is 99.0 Å². The van der Waals surface area contributed by atoms with Crippen LogP contribution in [0.1, 0.15) is 54.1 Å². The number of hydrogen-bond acceptors (Lipinski definition) is 5. The van der Waals surface area contributed by atoms with E-state index >= 15 is 0 Å². The van der Waals surface area contributed by atoms with Gasteiger partial charge in [-0.1, -0.05) is 11.6 Å². The lowest BCUT2D eigenvalue weighted by Crippen LogP contribution is -2.40. The molecule has 4 heterocycles. The molecule has 0 saturated carbocycles. The fourth-order valence-electron chi connectivity index (χ4n) is 5.12. The second-order valence-electron chi connectivity index (χ2n) is 9.83. The van der Waals surface area contributed by atoms with Gasteiger partial charge in [-0.25, -0.2) is 13.8 Å². The molecule has 4 aromatic rings. The normalized spacial score (nSPS) is 16.7. The molecule has 3 amide bonds. The Labute approximate surface area is 244 Å². The fourth-order valence-corrected chi connectivity index (χ4v) is 5.34. The van der Waals surface area contributed by atoms with Crippen LogP contribution in [0.5, 0.6) is 0 Å². The van der Waals surface area contributed by atoms with Crippen LogP contribution in [0.3, 0.4) is 0 Å². The van der Waals surface area contributed by atoms with Crippen LogP contribution >= 0.6 is 11.6 Å². The SMILES string of the molecule is O=C(Nc1cc2nc(C(=O)N3CCOCC3)cn2c2c1C(c1cc(F)ccc1Cl)NC2=O)c1cc(F)cc(C(F)(F)F)c1. The Bertz CT molecular complexity index is 1820. The van der Waals surface area contributed by atoms with Gasteiger partial charge in [0.15, 0.2) is 0 Å². The monoisotopic (exact) mass is 619 g/mol. The number of hydrogen-bond donors (Lipinski definition) is 2. The van der Waals surface area contributed by atoms with Crippen LogP contribution in [-0.2, 0) is 10.9 Å². The van der Waals surface area contributed by atoms with Crippen molar-refractivity contribution in [2.24, 2.45) is 0 Å². The topological polar surface area (TPSA) is 105 Å². The zero-order valence-electron chi connectivity index (χ0n) is 21.8. The van der Waals surface area contributed by atoms with Gasteiger partial charge in [-0.15, -0.1) is 0 Å². The smallest absolute Gasteiger partial charge is 0.378 e. The van der Waals surface area contributed by atoms with Crippen molar-refractivity contribution in [3.8, 4) is 0 Å². The summed E-state index contributed by atoms with van der Waals surface area (Å²) < 4.78 is 74.9. The van der Waals surface area contributed by atoms with Gasteiger partial charge in [0.05, 0.1) is 30.5 Å². The number of ether oxygens (including phenoxy) is 1. The van der Waals surface area contributed by atoms with Crippen molar-refractivity contribution in [2.75, 3.05) is 31.6 Å². The molecule has 2 aliphatic heterocycles. The molecule has 2 aromatic heterocycles. The Morgan fingerprint density at radius 1 is 1.05 bits per heavy atom. The summed E-state index contributed by atoms with van der Waals surface area (Å²) in [4.78, 5) is 45.6. The van der Waals surface area contributed by atoms with E-state index in [9.17, 15) is 36.3 Å². The molecule has 43 heavy (non-hydrogen) atoms. The van der Waals surface area contributed by atoms with Crippen molar-refractivity contribution in [1.82, 2.24) is 19.6 Å². The molecule has 1 atom stereocenters. The summed E-state index contributed by atoms with van der Waals surface area (Å²) in [5, 5.41) is 5.20. The second-order valence-corrected chi connectivity index (χ2v) is 10.2. The lowest BCUT2D eigenvalue weighted by atomic mass is 9.98. The van der Waals surface area contributed by atoms with E-state index in [1.807, 2.05) is 0 Å². The van der Waals surface area contributed by atoms with E-state index in [0.29, 0.717) is 38.4 Å². The summed E-state index contributed by atoms with van der Waals surface area (Å²) in [5.41, 5.74) is -1.99. The molecule has 2 aliphatic rings. The third-order valence-electron chi connectivity index (χ3n) is 7.09. The number of morpholine rings is 1. The molecule has 9 nitrogen and oxygen atoms in total. The minimum Gasteiger partial charge on any atom is -0.378 e. The first-order valence-electron chi connectivity index (χ1n) is 12.8. The zero-order valence-corrected chi connectivity index (χ0v) is 22.5. The van der Waals surface area contributed by atoms with Crippen LogP contribution in [0.2, 0.25) is 5.02 Å². The standard InChI is InChI=1S/C28H19ClF5N5O4/c29-18-2-1-15(30)10-17(18)23-22-19(36-25(40)13-7-14(28(32,33)34)9-16(31)8-13)11-21-35-20(12-39(21)24(22)26(41)37-23)27(42)38-3-5-43-6-4-38/h1-2,7-12,23H,3-6H2,(H,36,40)(H,37,41). The number of anilines is 1. The van der Waals surface area contributed by atoms with E-state index in [0.717, 1.165) is 12.1 Å². The van der Waals surface area contributed by atoms with Crippen molar-refractivity contribution in [2.45, 2.75) is 12.2 Å². The Hall–Kier alpha value is -4.56. The highest BCUT2D eigenvalue weighted by molar-refractivity contribution is 6.31. The largest absolute Gasteiger partial charge is 0.416 e. The number of amides is 3. The average molecular weight is 620 g/mol. The zero-order chi connectivity index (χ0) is 30.6. The third-order valence-corrected chi connectivity index (χ3v) is 7.44. The maximum atomic E-state index is 14.3. The number of benzene rings is 2. The lowest BCUT2D eigenvalue weighted by molar-refractivity contribution is -0.137. The van der Waals surface area contributed by atoms with E-state index < -0.39 is 52.7 Å². The van der Waals surface area contributed by atoms with Gasteiger partial charge in [-0.3, -0.25) is 18.8 Å². The van der Waals surface area contributed by atoms with E-state index in [2.05, 4.69) is 15.6 Å². The van der Waals surface area contributed by atoms with Crippen LogP contribution in [0.15, 0.2) is 48.7 Å². The number of carbonyl (C=O) groups excluding carboxylic acids is 3. The molecule has 222 valence electrons. The first-order valence-corrected chi connectivity index (χ1v) is 13.2. The van der Waals surface area contributed by atoms with Gasteiger partial charge in [-0.2, -0.15) is 13.2 Å². The molecular formula is C28H19ClF5N5O4. The second kappa shape index (κ2) is 10.6. The third kappa shape index (κ3) is 5.27. The van der Waals surface area contributed by atoms with Gasteiger partial charge in [0.1, 0.15) is 28.7 Å². The van der Waals surface area contributed by atoms with Gasteiger partial charge in [0, 0.05) is 47.1 Å².